The number of fused-ring (bicyclic) bond motifs is 1. The molecule has 1 aromatic heterocycles. The summed E-state index contributed by atoms with van der Waals surface area (Å²) < 4.78 is 11.0. The van der Waals surface area contributed by atoms with E-state index in [-0.39, 0.29) is 12.6 Å². The molecule has 0 bridgehead atoms. The van der Waals surface area contributed by atoms with Gasteiger partial charge < -0.3 is 19.6 Å². The Morgan fingerprint density at radius 1 is 1.50 bits per heavy atom. The topological polar surface area (TPSA) is 84.6 Å². The first-order chi connectivity index (χ1) is 9.75. The van der Waals surface area contributed by atoms with Gasteiger partial charge in [-0.1, -0.05) is 12.1 Å². The number of benzene rings is 1. The first-order valence-electron chi connectivity index (χ1n) is 6.36. The molecule has 1 aliphatic heterocycles. The van der Waals surface area contributed by atoms with E-state index in [1.807, 2.05) is 18.2 Å². The summed E-state index contributed by atoms with van der Waals surface area (Å²) in [5.41, 5.74) is 3.04. The zero-order valence-corrected chi connectivity index (χ0v) is 10.7. The Bertz CT molecular complexity index is 610. The average molecular weight is 274 g/mol. The van der Waals surface area contributed by atoms with E-state index in [0.29, 0.717) is 12.5 Å². The van der Waals surface area contributed by atoms with E-state index < -0.39 is 6.09 Å². The molecule has 0 aliphatic carbocycles. The van der Waals surface area contributed by atoms with Crippen molar-refractivity contribution in [2.24, 2.45) is 0 Å². The monoisotopic (exact) mass is 274 g/mol. The Balaban J connectivity index is 1.94. The lowest BCUT2D eigenvalue weighted by Crippen LogP contribution is -2.30. The van der Waals surface area contributed by atoms with E-state index in [4.69, 9.17) is 14.3 Å². The van der Waals surface area contributed by atoms with Crippen LogP contribution in [-0.2, 0) is 11.2 Å². The SMILES string of the molecule is O=C(O)NCC1OCCc2c(-c3ncco3)cccc21. The number of oxazole rings is 1. The van der Waals surface area contributed by atoms with Crippen molar-refractivity contribution in [2.45, 2.75) is 12.5 Å². The van der Waals surface area contributed by atoms with Gasteiger partial charge in [-0.3, -0.25) is 0 Å². The highest BCUT2D eigenvalue weighted by atomic mass is 16.5. The summed E-state index contributed by atoms with van der Waals surface area (Å²) in [4.78, 5) is 14.8. The lowest BCUT2D eigenvalue weighted by molar-refractivity contribution is 0.0428. The number of aromatic nitrogens is 1. The van der Waals surface area contributed by atoms with Gasteiger partial charge >= 0.3 is 6.09 Å². The number of rotatable bonds is 3. The molecule has 1 aromatic carbocycles. The van der Waals surface area contributed by atoms with E-state index in [1.165, 1.54) is 6.26 Å². The Labute approximate surface area is 115 Å². The molecule has 1 atom stereocenters. The van der Waals surface area contributed by atoms with Gasteiger partial charge in [-0.05, 0) is 23.6 Å². The fraction of sp³-hybridized carbons (Fsp3) is 0.286. The molecule has 0 radical (unpaired) electrons. The molecule has 2 N–H and O–H groups in total. The van der Waals surface area contributed by atoms with Crippen molar-refractivity contribution < 1.29 is 19.1 Å². The molecule has 2 heterocycles. The van der Waals surface area contributed by atoms with Gasteiger partial charge in [0.15, 0.2) is 0 Å². The molecule has 1 amide bonds. The standard InChI is InChI=1S/C14H14N2O4/c17-14(18)16-8-12-10-2-1-3-11(9(10)4-6-19-12)13-15-5-7-20-13/h1-3,5,7,12,16H,4,6,8H2,(H,17,18). The van der Waals surface area contributed by atoms with E-state index in [0.717, 1.165) is 23.1 Å². The molecule has 2 aromatic rings. The highest BCUT2D eigenvalue weighted by Gasteiger charge is 2.24. The van der Waals surface area contributed by atoms with Crippen molar-refractivity contribution in [2.75, 3.05) is 13.2 Å². The quantitative estimate of drug-likeness (QED) is 0.896. The highest BCUT2D eigenvalue weighted by Crippen LogP contribution is 2.33. The molecule has 6 nitrogen and oxygen atoms in total. The molecule has 20 heavy (non-hydrogen) atoms. The molecule has 104 valence electrons. The fourth-order valence-corrected chi connectivity index (χ4v) is 2.48. The van der Waals surface area contributed by atoms with Crippen molar-refractivity contribution in [1.29, 1.82) is 0 Å². The third kappa shape index (κ3) is 2.37. The first kappa shape index (κ1) is 12.7. The maximum absolute atomic E-state index is 10.6. The van der Waals surface area contributed by atoms with Gasteiger partial charge in [0.2, 0.25) is 5.89 Å². The molecule has 6 heteroatoms. The summed E-state index contributed by atoms with van der Waals surface area (Å²) in [7, 11) is 0. The van der Waals surface area contributed by atoms with Crippen molar-refractivity contribution in [3.8, 4) is 11.5 Å². The fourth-order valence-electron chi connectivity index (χ4n) is 2.48. The van der Waals surface area contributed by atoms with Gasteiger partial charge in [-0.25, -0.2) is 9.78 Å². The normalized spacial score (nSPS) is 17.5. The summed E-state index contributed by atoms with van der Waals surface area (Å²) >= 11 is 0. The second kappa shape index (κ2) is 5.34. The minimum Gasteiger partial charge on any atom is -0.465 e. The molecular weight excluding hydrogens is 260 g/mol. The van der Waals surface area contributed by atoms with Crippen LogP contribution in [0.5, 0.6) is 0 Å². The zero-order chi connectivity index (χ0) is 13.9. The lowest BCUT2D eigenvalue weighted by Gasteiger charge is -2.27. The van der Waals surface area contributed by atoms with Gasteiger partial charge in [-0.15, -0.1) is 0 Å². The Kier molecular flexibility index (Phi) is 3.39. The van der Waals surface area contributed by atoms with Crippen LogP contribution in [0.3, 0.4) is 0 Å². The van der Waals surface area contributed by atoms with E-state index in [1.54, 1.807) is 6.20 Å². The second-order valence-electron chi connectivity index (χ2n) is 4.51. The predicted octanol–water partition coefficient (Wildman–Crippen LogP) is 2.22. The van der Waals surface area contributed by atoms with Crippen LogP contribution in [0.15, 0.2) is 35.1 Å². The highest BCUT2D eigenvalue weighted by molar-refractivity contribution is 5.65. The Morgan fingerprint density at radius 3 is 3.15 bits per heavy atom. The first-order valence-corrected chi connectivity index (χ1v) is 6.36. The molecule has 0 saturated heterocycles. The maximum atomic E-state index is 10.6. The minimum absolute atomic E-state index is 0.234. The molecule has 3 rings (SSSR count). The van der Waals surface area contributed by atoms with Gasteiger partial charge in [0.25, 0.3) is 0 Å². The average Bonchev–Trinajstić information content (AvgIpc) is 2.98. The Morgan fingerprint density at radius 2 is 2.40 bits per heavy atom. The van der Waals surface area contributed by atoms with Gasteiger partial charge in [0.1, 0.15) is 12.4 Å². The molecule has 0 fully saturated rings. The van der Waals surface area contributed by atoms with Crippen LogP contribution in [0.1, 0.15) is 17.2 Å². The molecule has 0 spiro atoms. The molecule has 1 unspecified atom stereocenters. The van der Waals surface area contributed by atoms with Gasteiger partial charge in [0, 0.05) is 5.56 Å². The number of nitrogens with one attached hydrogen (secondary N) is 1. The smallest absolute Gasteiger partial charge is 0.404 e. The number of carbonyl (C=O) groups is 1. The van der Waals surface area contributed by atoms with Crippen molar-refractivity contribution >= 4 is 6.09 Å². The summed E-state index contributed by atoms with van der Waals surface area (Å²) in [6.07, 6.45) is 2.58. The third-order valence-electron chi connectivity index (χ3n) is 3.33. The van der Waals surface area contributed by atoms with Crippen LogP contribution in [0.25, 0.3) is 11.5 Å². The van der Waals surface area contributed by atoms with Crippen molar-refractivity contribution in [3.05, 3.63) is 41.8 Å². The number of ether oxygens (including phenoxy) is 1. The minimum atomic E-state index is -1.05. The van der Waals surface area contributed by atoms with Crippen molar-refractivity contribution in [1.82, 2.24) is 10.3 Å². The Hall–Kier alpha value is -2.34. The number of amides is 1. The second-order valence-corrected chi connectivity index (χ2v) is 4.51. The maximum Gasteiger partial charge on any atom is 0.404 e. The van der Waals surface area contributed by atoms with Crippen LogP contribution in [-0.4, -0.2) is 29.3 Å². The van der Waals surface area contributed by atoms with E-state index >= 15 is 0 Å². The largest absolute Gasteiger partial charge is 0.465 e. The van der Waals surface area contributed by atoms with Gasteiger partial charge in [-0.2, -0.15) is 0 Å². The summed E-state index contributed by atoms with van der Waals surface area (Å²) in [6, 6.07) is 5.81. The lowest BCUT2D eigenvalue weighted by atomic mass is 9.92. The molecular formula is C14H14N2O4. The van der Waals surface area contributed by atoms with Gasteiger partial charge in [0.05, 0.1) is 19.3 Å². The van der Waals surface area contributed by atoms with Crippen LogP contribution >= 0.6 is 0 Å². The predicted molar refractivity (Wildman–Crippen MR) is 70.4 cm³/mol. The summed E-state index contributed by atoms with van der Waals surface area (Å²) in [6.45, 7) is 0.786. The summed E-state index contributed by atoms with van der Waals surface area (Å²) in [5.74, 6) is 0.577. The number of carboxylic acid groups (broad SMARTS) is 1. The number of hydrogen-bond donors (Lipinski definition) is 2. The number of hydrogen-bond acceptors (Lipinski definition) is 4. The van der Waals surface area contributed by atoms with Crippen LogP contribution in [0.4, 0.5) is 4.79 Å². The van der Waals surface area contributed by atoms with Crippen LogP contribution < -0.4 is 5.32 Å². The zero-order valence-electron chi connectivity index (χ0n) is 10.7. The third-order valence-corrected chi connectivity index (χ3v) is 3.33. The molecule has 0 saturated carbocycles. The summed E-state index contributed by atoms with van der Waals surface area (Å²) in [5, 5.41) is 11.1. The van der Waals surface area contributed by atoms with E-state index in [9.17, 15) is 4.79 Å². The van der Waals surface area contributed by atoms with Crippen LogP contribution in [0, 0.1) is 0 Å². The number of nitrogens with zero attached hydrogens (tertiary/aromatic N) is 1. The molecule has 1 aliphatic rings. The van der Waals surface area contributed by atoms with E-state index in [2.05, 4.69) is 10.3 Å². The van der Waals surface area contributed by atoms with Crippen molar-refractivity contribution in [3.63, 3.8) is 0 Å². The van der Waals surface area contributed by atoms with Crippen LogP contribution in [0.2, 0.25) is 0 Å².